The van der Waals surface area contributed by atoms with Crippen molar-refractivity contribution in [2.24, 2.45) is 11.3 Å². The number of carbonyl (C=O) groups is 2. The fraction of sp³-hybridized carbons (Fsp3) is 0.357. The van der Waals surface area contributed by atoms with Gasteiger partial charge in [0.25, 0.3) is 0 Å². The number of rotatable bonds is 3. The maximum absolute atomic E-state index is 12.1. The van der Waals surface area contributed by atoms with Crippen molar-refractivity contribution in [3.8, 4) is 6.07 Å². The Hall–Kier alpha value is -2.06. The van der Waals surface area contributed by atoms with Crippen molar-refractivity contribution in [2.45, 2.75) is 20.8 Å². The van der Waals surface area contributed by atoms with Crippen molar-refractivity contribution in [3.63, 3.8) is 0 Å². The average molecular weight is 295 g/mol. The second kappa shape index (κ2) is 5.93. The number of carboxylic acid groups (broad SMARTS) is 1. The Morgan fingerprint density at radius 1 is 1.40 bits per heavy atom. The third kappa shape index (κ3) is 3.72. The smallest absolute Gasteiger partial charge is 0.316 e. The minimum absolute atomic E-state index is 0.228. The van der Waals surface area contributed by atoms with E-state index in [9.17, 15) is 14.7 Å². The summed E-state index contributed by atoms with van der Waals surface area (Å²) in [5.41, 5.74) is -0.187. The highest BCUT2D eigenvalue weighted by molar-refractivity contribution is 6.33. The molecule has 6 heteroatoms. The van der Waals surface area contributed by atoms with Crippen LogP contribution in [0.3, 0.4) is 0 Å². The first-order chi connectivity index (χ1) is 9.16. The SMILES string of the molecule is CC(C)(C)C(C(=O)O)C(=O)Nc1cc(C#N)ccc1Cl. The molecule has 0 saturated carbocycles. The topological polar surface area (TPSA) is 90.2 Å². The Kier molecular flexibility index (Phi) is 4.74. The molecule has 106 valence electrons. The summed E-state index contributed by atoms with van der Waals surface area (Å²) in [6.07, 6.45) is 0. The van der Waals surface area contributed by atoms with E-state index in [0.29, 0.717) is 5.56 Å². The van der Waals surface area contributed by atoms with Crippen LogP contribution in [0.5, 0.6) is 0 Å². The van der Waals surface area contributed by atoms with Crippen LogP contribution in [0.4, 0.5) is 5.69 Å². The molecule has 5 nitrogen and oxygen atoms in total. The fourth-order valence-electron chi connectivity index (χ4n) is 1.77. The van der Waals surface area contributed by atoms with Crippen LogP contribution < -0.4 is 5.32 Å². The van der Waals surface area contributed by atoms with Gasteiger partial charge in [0.1, 0.15) is 5.92 Å². The number of amides is 1. The number of carbonyl (C=O) groups excluding carboxylic acids is 1. The van der Waals surface area contributed by atoms with Gasteiger partial charge in [0.2, 0.25) is 5.91 Å². The molecule has 1 unspecified atom stereocenters. The van der Waals surface area contributed by atoms with Crippen molar-refractivity contribution in [1.29, 1.82) is 5.26 Å². The van der Waals surface area contributed by atoms with Gasteiger partial charge in [-0.15, -0.1) is 0 Å². The number of hydrogen-bond acceptors (Lipinski definition) is 3. The molecular weight excluding hydrogens is 280 g/mol. The van der Waals surface area contributed by atoms with Crippen LogP contribution in [0.1, 0.15) is 26.3 Å². The normalized spacial score (nSPS) is 12.3. The summed E-state index contributed by atoms with van der Waals surface area (Å²) in [6, 6.07) is 6.31. The summed E-state index contributed by atoms with van der Waals surface area (Å²) in [5.74, 6) is -3.09. The monoisotopic (exact) mass is 294 g/mol. The van der Waals surface area contributed by atoms with E-state index in [1.165, 1.54) is 18.2 Å². The number of halogens is 1. The van der Waals surface area contributed by atoms with Gasteiger partial charge in [-0.2, -0.15) is 5.26 Å². The van der Waals surface area contributed by atoms with Crippen molar-refractivity contribution in [1.82, 2.24) is 0 Å². The zero-order chi connectivity index (χ0) is 15.5. The molecule has 0 saturated heterocycles. The summed E-state index contributed by atoms with van der Waals surface area (Å²) >= 11 is 5.92. The van der Waals surface area contributed by atoms with E-state index >= 15 is 0 Å². The highest BCUT2D eigenvalue weighted by Gasteiger charge is 2.37. The number of nitrogens with one attached hydrogen (secondary N) is 1. The van der Waals surface area contributed by atoms with Gasteiger partial charge in [-0.3, -0.25) is 9.59 Å². The van der Waals surface area contributed by atoms with Crippen LogP contribution in [0.25, 0.3) is 0 Å². The second-order valence-electron chi connectivity index (χ2n) is 5.43. The number of anilines is 1. The van der Waals surface area contributed by atoms with E-state index in [1.807, 2.05) is 6.07 Å². The van der Waals surface area contributed by atoms with Crippen LogP contribution in [-0.4, -0.2) is 17.0 Å². The Morgan fingerprint density at radius 2 is 2.00 bits per heavy atom. The highest BCUT2D eigenvalue weighted by Crippen LogP contribution is 2.29. The zero-order valence-corrected chi connectivity index (χ0v) is 12.2. The van der Waals surface area contributed by atoms with Gasteiger partial charge in [0, 0.05) is 0 Å². The molecule has 1 atom stereocenters. The van der Waals surface area contributed by atoms with Gasteiger partial charge in [-0.1, -0.05) is 32.4 Å². The first kappa shape index (κ1) is 16.0. The zero-order valence-electron chi connectivity index (χ0n) is 11.4. The number of nitriles is 1. The lowest BCUT2D eigenvalue weighted by molar-refractivity contribution is -0.149. The lowest BCUT2D eigenvalue weighted by atomic mass is 9.80. The summed E-state index contributed by atoms with van der Waals surface area (Å²) < 4.78 is 0. The predicted octanol–water partition coefficient (Wildman–Crippen LogP) is 2.90. The highest BCUT2D eigenvalue weighted by atomic mass is 35.5. The number of nitrogens with zero attached hydrogens (tertiary/aromatic N) is 1. The molecule has 1 aromatic carbocycles. The minimum atomic E-state index is -1.22. The van der Waals surface area contributed by atoms with Crippen LogP contribution in [0, 0.1) is 22.7 Å². The number of hydrogen-bond donors (Lipinski definition) is 2. The third-order valence-electron chi connectivity index (χ3n) is 2.73. The average Bonchev–Trinajstić information content (AvgIpc) is 2.29. The van der Waals surface area contributed by atoms with Crippen molar-refractivity contribution < 1.29 is 14.7 Å². The van der Waals surface area contributed by atoms with E-state index in [4.69, 9.17) is 16.9 Å². The standard InChI is InChI=1S/C14H15ClN2O3/c1-14(2,3)11(13(19)20)12(18)17-10-6-8(7-16)4-5-9(10)15/h4-6,11H,1-3H3,(H,17,18)(H,19,20). The molecule has 0 spiro atoms. The summed E-state index contributed by atoms with van der Waals surface area (Å²) in [5, 5.41) is 20.7. The molecule has 1 aromatic rings. The van der Waals surface area contributed by atoms with Gasteiger partial charge in [0.15, 0.2) is 0 Å². The number of benzene rings is 1. The maximum Gasteiger partial charge on any atom is 0.316 e. The molecule has 1 rings (SSSR count). The van der Waals surface area contributed by atoms with Crippen LogP contribution in [0.2, 0.25) is 5.02 Å². The predicted molar refractivity (Wildman–Crippen MR) is 75.4 cm³/mol. The summed E-state index contributed by atoms with van der Waals surface area (Å²) in [4.78, 5) is 23.4. The summed E-state index contributed by atoms with van der Waals surface area (Å²) in [7, 11) is 0. The first-order valence-electron chi connectivity index (χ1n) is 5.90. The summed E-state index contributed by atoms with van der Waals surface area (Å²) in [6.45, 7) is 5.00. The Labute approximate surface area is 122 Å². The molecule has 2 N–H and O–H groups in total. The molecule has 0 aliphatic heterocycles. The van der Waals surface area contributed by atoms with Crippen LogP contribution in [0.15, 0.2) is 18.2 Å². The van der Waals surface area contributed by atoms with Crippen LogP contribution in [-0.2, 0) is 9.59 Å². The molecule has 0 aliphatic carbocycles. The molecular formula is C14H15ClN2O3. The van der Waals surface area contributed by atoms with Crippen molar-refractivity contribution in [2.75, 3.05) is 5.32 Å². The van der Waals surface area contributed by atoms with Gasteiger partial charge in [-0.25, -0.2) is 0 Å². The number of carboxylic acids is 1. The van der Waals surface area contributed by atoms with E-state index < -0.39 is 23.2 Å². The Bertz CT molecular complexity index is 585. The molecule has 0 aromatic heterocycles. The second-order valence-corrected chi connectivity index (χ2v) is 5.84. The van der Waals surface area contributed by atoms with Gasteiger partial charge < -0.3 is 10.4 Å². The molecule has 0 heterocycles. The van der Waals surface area contributed by atoms with Gasteiger partial charge in [0.05, 0.1) is 22.3 Å². The van der Waals surface area contributed by atoms with Gasteiger partial charge >= 0.3 is 5.97 Å². The first-order valence-corrected chi connectivity index (χ1v) is 6.28. The van der Waals surface area contributed by atoms with E-state index in [1.54, 1.807) is 20.8 Å². The largest absolute Gasteiger partial charge is 0.481 e. The van der Waals surface area contributed by atoms with E-state index in [2.05, 4.69) is 5.32 Å². The van der Waals surface area contributed by atoms with Gasteiger partial charge in [-0.05, 0) is 23.6 Å². The third-order valence-corrected chi connectivity index (χ3v) is 3.06. The van der Waals surface area contributed by atoms with E-state index in [-0.39, 0.29) is 10.7 Å². The Morgan fingerprint density at radius 3 is 2.45 bits per heavy atom. The lowest BCUT2D eigenvalue weighted by Crippen LogP contribution is -2.39. The fourth-order valence-corrected chi connectivity index (χ4v) is 1.94. The Balaban J connectivity index is 3.06. The molecule has 20 heavy (non-hydrogen) atoms. The number of aliphatic carboxylic acids is 1. The van der Waals surface area contributed by atoms with E-state index in [0.717, 1.165) is 0 Å². The molecule has 0 bridgehead atoms. The lowest BCUT2D eigenvalue weighted by Gasteiger charge is -2.26. The molecule has 0 fully saturated rings. The molecule has 0 aliphatic rings. The maximum atomic E-state index is 12.1. The minimum Gasteiger partial charge on any atom is -0.481 e. The quantitative estimate of drug-likeness (QED) is 0.839. The molecule has 1 amide bonds. The molecule has 0 radical (unpaired) electrons. The van der Waals surface area contributed by atoms with Crippen LogP contribution >= 0.6 is 11.6 Å². The van der Waals surface area contributed by atoms with Crippen molar-refractivity contribution in [3.05, 3.63) is 28.8 Å². The van der Waals surface area contributed by atoms with Crippen molar-refractivity contribution >= 4 is 29.2 Å².